The number of halogens is 1. The van der Waals surface area contributed by atoms with Crippen LogP contribution in [-0.2, 0) is 6.54 Å². The van der Waals surface area contributed by atoms with Crippen molar-refractivity contribution in [3.8, 4) is 5.75 Å². The summed E-state index contributed by atoms with van der Waals surface area (Å²) in [6, 6.07) is 0. The van der Waals surface area contributed by atoms with Crippen LogP contribution in [-0.4, -0.2) is 36.3 Å². The first-order valence-electron chi connectivity index (χ1n) is 5.47. The number of aromatic nitrogens is 1. The van der Waals surface area contributed by atoms with Gasteiger partial charge < -0.3 is 4.74 Å². The third-order valence-electron chi connectivity index (χ3n) is 3.04. The summed E-state index contributed by atoms with van der Waals surface area (Å²) in [7, 11) is 1.67. The molecule has 4 heteroatoms. The number of hydrogen-bond donors (Lipinski definition) is 0. The highest BCUT2D eigenvalue weighted by Crippen LogP contribution is 2.25. The fraction of sp³-hybridized carbons (Fsp3) is 0.583. The molecule has 0 radical (unpaired) electrons. The Balaban J connectivity index is 2.15. The van der Waals surface area contributed by atoms with Crippen LogP contribution >= 0.6 is 0 Å². The molecule has 1 saturated heterocycles. The summed E-state index contributed by atoms with van der Waals surface area (Å²) in [6.45, 7) is 5.74. The number of rotatable bonds is 3. The van der Waals surface area contributed by atoms with Gasteiger partial charge in [0.25, 0.3) is 0 Å². The average Bonchev–Trinajstić information content (AvgIpc) is 2.20. The Labute approximate surface area is 95.2 Å². The number of ether oxygens (including phenoxy) is 1. The summed E-state index contributed by atoms with van der Waals surface area (Å²) in [4.78, 5) is 6.44. The van der Waals surface area contributed by atoms with Crippen LogP contribution in [0.5, 0.6) is 5.75 Å². The number of alkyl halides is 1. The Hall–Kier alpha value is -1.16. The van der Waals surface area contributed by atoms with Crippen molar-refractivity contribution in [2.45, 2.75) is 26.6 Å². The van der Waals surface area contributed by atoms with E-state index in [1.807, 2.05) is 20.0 Å². The standard InChI is InChI=1S/C12H17FN2O/c1-8-4-14-11(9(2)12(8)16-3)7-15-5-10(13)6-15/h4,10H,5-7H2,1-3H3. The van der Waals surface area contributed by atoms with Crippen LogP contribution in [0, 0.1) is 13.8 Å². The van der Waals surface area contributed by atoms with Gasteiger partial charge in [0.2, 0.25) is 0 Å². The third kappa shape index (κ3) is 2.02. The van der Waals surface area contributed by atoms with E-state index in [0.717, 1.165) is 22.6 Å². The van der Waals surface area contributed by atoms with Crippen LogP contribution < -0.4 is 4.74 Å². The SMILES string of the molecule is COc1c(C)cnc(CN2CC(F)C2)c1C. The number of nitrogens with zero attached hydrogens (tertiary/aromatic N) is 2. The molecule has 0 amide bonds. The van der Waals surface area contributed by atoms with Gasteiger partial charge in [-0.15, -0.1) is 0 Å². The third-order valence-corrected chi connectivity index (χ3v) is 3.04. The molecule has 0 aromatic carbocycles. The van der Waals surface area contributed by atoms with Gasteiger partial charge in [0.05, 0.1) is 12.8 Å². The number of hydrogen-bond acceptors (Lipinski definition) is 3. The highest BCUT2D eigenvalue weighted by molar-refractivity contribution is 5.41. The molecule has 0 aliphatic carbocycles. The minimum Gasteiger partial charge on any atom is -0.496 e. The number of pyridine rings is 1. The van der Waals surface area contributed by atoms with E-state index in [2.05, 4.69) is 9.88 Å². The van der Waals surface area contributed by atoms with Crippen molar-refractivity contribution >= 4 is 0 Å². The van der Waals surface area contributed by atoms with Gasteiger partial charge in [-0.3, -0.25) is 9.88 Å². The molecule has 0 bridgehead atoms. The second kappa shape index (κ2) is 4.37. The van der Waals surface area contributed by atoms with Gasteiger partial charge in [0, 0.05) is 37.0 Å². The molecule has 0 N–H and O–H groups in total. The lowest BCUT2D eigenvalue weighted by Crippen LogP contribution is -2.47. The van der Waals surface area contributed by atoms with E-state index >= 15 is 0 Å². The minimum absolute atomic E-state index is 0.525. The van der Waals surface area contributed by atoms with Crippen LogP contribution in [0.4, 0.5) is 4.39 Å². The molecule has 1 aliphatic rings. The first kappa shape index (κ1) is 11.3. The number of aryl methyl sites for hydroxylation is 1. The number of likely N-dealkylation sites (tertiary alicyclic amines) is 1. The van der Waals surface area contributed by atoms with E-state index in [9.17, 15) is 4.39 Å². The fourth-order valence-electron chi connectivity index (χ4n) is 2.08. The normalized spacial score (nSPS) is 17.2. The van der Waals surface area contributed by atoms with Crippen LogP contribution in [0.15, 0.2) is 6.20 Å². The van der Waals surface area contributed by atoms with Crippen molar-refractivity contribution in [2.24, 2.45) is 0 Å². The smallest absolute Gasteiger partial charge is 0.128 e. The van der Waals surface area contributed by atoms with Crippen molar-refractivity contribution < 1.29 is 9.13 Å². The zero-order chi connectivity index (χ0) is 11.7. The van der Waals surface area contributed by atoms with Gasteiger partial charge in [-0.2, -0.15) is 0 Å². The van der Waals surface area contributed by atoms with Gasteiger partial charge in [-0.25, -0.2) is 4.39 Å². The molecule has 0 atom stereocenters. The summed E-state index contributed by atoms with van der Waals surface area (Å²) in [5.74, 6) is 0.891. The molecule has 16 heavy (non-hydrogen) atoms. The van der Waals surface area contributed by atoms with E-state index in [-0.39, 0.29) is 0 Å². The fourth-order valence-corrected chi connectivity index (χ4v) is 2.08. The van der Waals surface area contributed by atoms with Crippen molar-refractivity contribution in [3.63, 3.8) is 0 Å². The van der Waals surface area contributed by atoms with Gasteiger partial charge in [-0.05, 0) is 13.8 Å². The van der Waals surface area contributed by atoms with E-state index in [4.69, 9.17) is 4.74 Å². The molecule has 1 aliphatic heterocycles. The quantitative estimate of drug-likeness (QED) is 0.783. The molecule has 0 saturated carbocycles. The van der Waals surface area contributed by atoms with Crippen molar-refractivity contribution in [1.29, 1.82) is 0 Å². The van der Waals surface area contributed by atoms with E-state index < -0.39 is 6.17 Å². The van der Waals surface area contributed by atoms with Gasteiger partial charge in [0.1, 0.15) is 11.9 Å². The Morgan fingerprint density at radius 1 is 1.50 bits per heavy atom. The summed E-state index contributed by atoms with van der Waals surface area (Å²) < 4.78 is 18.0. The zero-order valence-corrected chi connectivity index (χ0v) is 9.96. The zero-order valence-electron chi connectivity index (χ0n) is 9.96. The summed E-state index contributed by atoms with van der Waals surface area (Å²) in [6.07, 6.45) is 1.15. The lowest BCUT2D eigenvalue weighted by molar-refractivity contribution is 0.0578. The summed E-state index contributed by atoms with van der Waals surface area (Å²) >= 11 is 0. The molecule has 3 nitrogen and oxygen atoms in total. The van der Waals surface area contributed by atoms with Gasteiger partial charge in [0.15, 0.2) is 0 Å². The van der Waals surface area contributed by atoms with Crippen LogP contribution in [0.3, 0.4) is 0 Å². The van der Waals surface area contributed by atoms with Gasteiger partial charge in [-0.1, -0.05) is 0 Å². The maximum absolute atomic E-state index is 12.7. The Morgan fingerprint density at radius 3 is 2.75 bits per heavy atom. The molecule has 1 aromatic heterocycles. The average molecular weight is 224 g/mol. The van der Waals surface area contributed by atoms with E-state index in [1.165, 1.54) is 0 Å². The monoisotopic (exact) mass is 224 g/mol. The highest BCUT2D eigenvalue weighted by atomic mass is 19.1. The van der Waals surface area contributed by atoms with E-state index in [0.29, 0.717) is 19.6 Å². The minimum atomic E-state index is -0.660. The lowest BCUT2D eigenvalue weighted by Gasteiger charge is -2.34. The molecule has 2 heterocycles. The first-order chi connectivity index (χ1) is 7.61. The predicted octanol–water partition coefficient (Wildman–Crippen LogP) is 1.86. The molecule has 88 valence electrons. The van der Waals surface area contributed by atoms with Crippen molar-refractivity contribution in [3.05, 3.63) is 23.0 Å². The largest absolute Gasteiger partial charge is 0.496 e. The van der Waals surface area contributed by atoms with Crippen LogP contribution in [0.25, 0.3) is 0 Å². The maximum atomic E-state index is 12.7. The Morgan fingerprint density at radius 2 is 2.19 bits per heavy atom. The molecular formula is C12H17FN2O. The molecule has 1 fully saturated rings. The van der Waals surface area contributed by atoms with E-state index in [1.54, 1.807) is 7.11 Å². The predicted molar refractivity (Wildman–Crippen MR) is 60.4 cm³/mol. The molecule has 2 rings (SSSR count). The summed E-state index contributed by atoms with van der Waals surface area (Å²) in [5, 5.41) is 0. The molecular weight excluding hydrogens is 207 g/mol. The summed E-state index contributed by atoms with van der Waals surface area (Å²) in [5.41, 5.74) is 3.08. The van der Waals surface area contributed by atoms with Crippen LogP contribution in [0.2, 0.25) is 0 Å². The molecule has 0 spiro atoms. The lowest BCUT2D eigenvalue weighted by atomic mass is 10.1. The van der Waals surface area contributed by atoms with Gasteiger partial charge >= 0.3 is 0 Å². The Bertz CT molecular complexity index is 389. The maximum Gasteiger partial charge on any atom is 0.128 e. The first-order valence-corrected chi connectivity index (χ1v) is 5.47. The molecule has 0 unspecified atom stereocenters. The van der Waals surface area contributed by atoms with Crippen molar-refractivity contribution in [2.75, 3.05) is 20.2 Å². The molecule has 1 aromatic rings. The Kier molecular flexibility index (Phi) is 3.10. The second-order valence-corrected chi connectivity index (χ2v) is 4.34. The van der Waals surface area contributed by atoms with Crippen molar-refractivity contribution in [1.82, 2.24) is 9.88 Å². The second-order valence-electron chi connectivity index (χ2n) is 4.34. The van der Waals surface area contributed by atoms with Crippen LogP contribution in [0.1, 0.15) is 16.8 Å². The number of methoxy groups -OCH3 is 1. The highest BCUT2D eigenvalue weighted by Gasteiger charge is 2.27. The topological polar surface area (TPSA) is 25.4 Å².